The predicted octanol–water partition coefficient (Wildman–Crippen LogP) is 1.44. The number of nitrogens with zero attached hydrogens (tertiary/aromatic N) is 1. The van der Waals surface area contributed by atoms with Gasteiger partial charge in [0, 0.05) is 25.2 Å². The lowest BCUT2D eigenvalue weighted by Crippen LogP contribution is -2.62. The summed E-state index contributed by atoms with van der Waals surface area (Å²) in [4.78, 5) is 14.4. The Kier molecular flexibility index (Phi) is 7.37. The van der Waals surface area contributed by atoms with Crippen molar-refractivity contribution >= 4 is 5.91 Å². The van der Waals surface area contributed by atoms with Crippen LogP contribution >= 0.6 is 0 Å². The van der Waals surface area contributed by atoms with Crippen molar-refractivity contribution in [3.63, 3.8) is 0 Å². The molecule has 1 amide bonds. The van der Waals surface area contributed by atoms with Crippen molar-refractivity contribution in [2.75, 3.05) is 41.0 Å². The molecule has 2 aromatic carbocycles. The molecule has 0 aliphatic carbocycles. The number of amides is 1. The number of hydrogen-bond acceptors (Lipinski definition) is 7. The van der Waals surface area contributed by atoms with Gasteiger partial charge in [-0.2, -0.15) is 0 Å². The summed E-state index contributed by atoms with van der Waals surface area (Å²) in [6.07, 6.45) is -0.624. The van der Waals surface area contributed by atoms with Crippen LogP contribution in [0.4, 0.5) is 0 Å². The van der Waals surface area contributed by atoms with Gasteiger partial charge in [-0.15, -0.1) is 0 Å². The highest BCUT2D eigenvalue weighted by molar-refractivity contribution is 5.94. The molecule has 0 unspecified atom stereocenters. The first-order valence-corrected chi connectivity index (χ1v) is 10.2. The number of carbonyl (C=O) groups is 1. The van der Waals surface area contributed by atoms with Gasteiger partial charge in [0.1, 0.15) is 5.60 Å². The van der Waals surface area contributed by atoms with Crippen LogP contribution in [0.15, 0.2) is 42.5 Å². The molecule has 0 aromatic heterocycles. The molecule has 1 fully saturated rings. The molecule has 3 N–H and O–H groups in total. The van der Waals surface area contributed by atoms with Gasteiger partial charge in [-0.25, -0.2) is 0 Å². The molecule has 3 rings (SSSR count). The van der Waals surface area contributed by atoms with E-state index in [1.54, 1.807) is 50.5 Å². The number of β-amino-alcohol motifs (C(OH)–C–C–N with tert-alkyl or cyclic N) is 1. The van der Waals surface area contributed by atoms with Gasteiger partial charge in [-0.3, -0.25) is 4.79 Å². The van der Waals surface area contributed by atoms with Gasteiger partial charge in [0.15, 0.2) is 11.5 Å². The number of piperidine rings is 1. The summed E-state index contributed by atoms with van der Waals surface area (Å²) in [7, 11) is 4.64. The molecule has 2 aromatic rings. The second-order valence-electron chi connectivity index (χ2n) is 7.64. The highest BCUT2D eigenvalue weighted by Crippen LogP contribution is 2.38. The maximum Gasteiger partial charge on any atom is 0.253 e. The lowest BCUT2D eigenvalue weighted by molar-refractivity contribution is -0.111. The lowest BCUT2D eigenvalue weighted by Gasteiger charge is -2.42. The summed E-state index contributed by atoms with van der Waals surface area (Å²) in [6, 6.07) is 12.6. The topological polar surface area (TPSA) is 100 Å². The van der Waals surface area contributed by atoms with Crippen LogP contribution in [0.3, 0.4) is 0 Å². The molecule has 2 atom stereocenters. The molecule has 1 saturated heterocycles. The minimum atomic E-state index is -1.46. The first-order valence-electron chi connectivity index (χ1n) is 10.2. The van der Waals surface area contributed by atoms with Crippen molar-refractivity contribution in [2.45, 2.75) is 24.7 Å². The van der Waals surface area contributed by atoms with Gasteiger partial charge in [0.2, 0.25) is 5.75 Å². The van der Waals surface area contributed by atoms with Crippen LogP contribution in [0.1, 0.15) is 22.3 Å². The molecule has 168 valence electrons. The van der Waals surface area contributed by atoms with Crippen molar-refractivity contribution in [3.05, 3.63) is 53.6 Å². The number of aliphatic hydroxyl groups excluding tert-OH is 1. The zero-order valence-electron chi connectivity index (χ0n) is 18.1. The number of hydrogen-bond donors (Lipinski definition) is 3. The molecule has 0 saturated carbocycles. The average molecular weight is 431 g/mol. The van der Waals surface area contributed by atoms with Crippen LogP contribution in [-0.2, 0) is 6.54 Å². The van der Waals surface area contributed by atoms with Crippen LogP contribution in [0.5, 0.6) is 17.2 Å². The molecule has 0 radical (unpaired) electrons. The second kappa shape index (κ2) is 10.00. The third kappa shape index (κ3) is 5.10. The van der Waals surface area contributed by atoms with Crippen LogP contribution in [0, 0.1) is 0 Å². The van der Waals surface area contributed by atoms with Crippen molar-refractivity contribution in [1.82, 2.24) is 10.2 Å². The van der Waals surface area contributed by atoms with Gasteiger partial charge >= 0.3 is 0 Å². The summed E-state index contributed by atoms with van der Waals surface area (Å²) in [6.45, 7) is 0.954. The fourth-order valence-electron chi connectivity index (χ4n) is 3.83. The first-order chi connectivity index (χ1) is 14.9. The zero-order valence-corrected chi connectivity index (χ0v) is 18.1. The molecule has 1 aliphatic heterocycles. The number of carbonyl (C=O) groups excluding carboxylic acids is 1. The zero-order chi connectivity index (χ0) is 22.4. The Morgan fingerprint density at radius 2 is 1.77 bits per heavy atom. The number of likely N-dealkylation sites (tertiary alicyclic amines) is 1. The molecular formula is C23H30N2O6. The third-order valence-corrected chi connectivity index (χ3v) is 5.55. The fraction of sp³-hybridized carbons (Fsp3) is 0.435. The summed E-state index contributed by atoms with van der Waals surface area (Å²) >= 11 is 0. The maximum atomic E-state index is 12.8. The average Bonchev–Trinajstić information content (AvgIpc) is 2.80. The smallest absolute Gasteiger partial charge is 0.253 e. The number of methoxy groups -OCH3 is 3. The molecule has 31 heavy (non-hydrogen) atoms. The number of benzene rings is 2. The number of ether oxygens (including phenoxy) is 3. The predicted molar refractivity (Wildman–Crippen MR) is 116 cm³/mol. The van der Waals surface area contributed by atoms with E-state index >= 15 is 0 Å². The SMILES string of the molecule is COc1cc(CNC[C@]2(O)CN(C(=O)c3ccccc3)CC[C@H]2O)cc(OC)c1OC. The van der Waals surface area contributed by atoms with E-state index in [4.69, 9.17) is 14.2 Å². The quantitative estimate of drug-likeness (QED) is 0.583. The van der Waals surface area contributed by atoms with Crippen LogP contribution in [0.2, 0.25) is 0 Å². The van der Waals surface area contributed by atoms with Crippen molar-refractivity contribution in [1.29, 1.82) is 0 Å². The Bertz CT molecular complexity index is 866. The molecule has 8 heteroatoms. The first kappa shape index (κ1) is 22.9. The molecule has 0 bridgehead atoms. The maximum absolute atomic E-state index is 12.8. The summed E-state index contributed by atoms with van der Waals surface area (Å²) in [5, 5.41) is 24.7. The van der Waals surface area contributed by atoms with Crippen LogP contribution in [-0.4, -0.2) is 73.7 Å². The monoisotopic (exact) mass is 430 g/mol. The molecule has 1 aliphatic rings. The number of aliphatic hydroxyl groups is 2. The van der Waals surface area contributed by atoms with E-state index in [2.05, 4.69) is 5.32 Å². The molecule has 8 nitrogen and oxygen atoms in total. The Morgan fingerprint density at radius 3 is 2.35 bits per heavy atom. The molecular weight excluding hydrogens is 400 g/mol. The largest absolute Gasteiger partial charge is 0.493 e. The van der Waals surface area contributed by atoms with E-state index in [1.807, 2.05) is 18.2 Å². The number of rotatable bonds is 8. The van der Waals surface area contributed by atoms with Crippen LogP contribution < -0.4 is 19.5 Å². The van der Waals surface area contributed by atoms with Gasteiger partial charge in [0.25, 0.3) is 5.91 Å². The van der Waals surface area contributed by atoms with Crippen molar-refractivity contribution in [2.24, 2.45) is 0 Å². The second-order valence-corrected chi connectivity index (χ2v) is 7.64. The van der Waals surface area contributed by atoms with E-state index in [0.29, 0.717) is 42.3 Å². The third-order valence-electron chi connectivity index (χ3n) is 5.55. The van der Waals surface area contributed by atoms with E-state index < -0.39 is 11.7 Å². The van der Waals surface area contributed by atoms with E-state index in [-0.39, 0.29) is 19.0 Å². The summed E-state index contributed by atoms with van der Waals surface area (Å²) < 4.78 is 16.1. The Hall–Kier alpha value is -2.81. The van der Waals surface area contributed by atoms with Crippen molar-refractivity contribution < 1.29 is 29.2 Å². The Labute approximate surface area is 182 Å². The van der Waals surface area contributed by atoms with Gasteiger partial charge < -0.3 is 34.6 Å². The Morgan fingerprint density at radius 1 is 1.13 bits per heavy atom. The standard InChI is InChI=1S/C23H30N2O6/c1-29-18-11-16(12-19(30-2)21(18)31-3)13-24-14-23(28)15-25(10-9-20(23)26)22(27)17-7-5-4-6-8-17/h4-8,11-12,20,24,26,28H,9-10,13-15H2,1-3H3/t20-,23+/m1/s1. The van der Waals surface area contributed by atoms with Gasteiger partial charge in [0.05, 0.1) is 34.0 Å². The fourth-order valence-corrected chi connectivity index (χ4v) is 3.83. The van der Waals surface area contributed by atoms with Crippen molar-refractivity contribution in [3.8, 4) is 17.2 Å². The van der Waals surface area contributed by atoms with E-state index in [1.165, 1.54) is 0 Å². The lowest BCUT2D eigenvalue weighted by atomic mass is 9.89. The Balaban J connectivity index is 1.66. The van der Waals surface area contributed by atoms with Gasteiger partial charge in [-0.05, 0) is 36.2 Å². The van der Waals surface area contributed by atoms with Gasteiger partial charge in [-0.1, -0.05) is 18.2 Å². The van der Waals surface area contributed by atoms with E-state index in [0.717, 1.165) is 5.56 Å². The highest BCUT2D eigenvalue weighted by atomic mass is 16.5. The molecule has 1 heterocycles. The van der Waals surface area contributed by atoms with Crippen LogP contribution in [0.25, 0.3) is 0 Å². The van der Waals surface area contributed by atoms with E-state index in [9.17, 15) is 15.0 Å². The normalized spacial score (nSPS) is 20.9. The minimum absolute atomic E-state index is 0.0458. The summed E-state index contributed by atoms with van der Waals surface area (Å²) in [5.41, 5.74) is -0.0317. The molecule has 0 spiro atoms. The summed E-state index contributed by atoms with van der Waals surface area (Å²) in [5.74, 6) is 1.42. The number of nitrogens with one attached hydrogen (secondary N) is 1. The minimum Gasteiger partial charge on any atom is -0.493 e. The highest BCUT2D eigenvalue weighted by Gasteiger charge is 2.42.